The molecule has 0 bridgehead atoms. The third-order valence-corrected chi connectivity index (χ3v) is 3.09. The van der Waals surface area contributed by atoms with E-state index in [0.717, 1.165) is 17.1 Å². The zero-order chi connectivity index (χ0) is 16.4. The molecule has 0 spiro atoms. The normalized spacial score (nSPS) is 11.3. The van der Waals surface area contributed by atoms with Crippen molar-refractivity contribution < 1.29 is 4.79 Å². The fourth-order valence-electron chi connectivity index (χ4n) is 2.11. The van der Waals surface area contributed by atoms with Gasteiger partial charge in [-0.3, -0.25) is 9.78 Å². The summed E-state index contributed by atoms with van der Waals surface area (Å²) in [5.74, 6) is -0.103. The Labute approximate surface area is 132 Å². The number of carbonyl (C=O) groups is 1. The summed E-state index contributed by atoms with van der Waals surface area (Å²) in [5, 5.41) is 8.01. The number of aromatic nitrogens is 5. The summed E-state index contributed by atoms with van der Waals surface area (Å²) in [7, 11) is 0. The van der Waals surface area contributed by atoms with E-state index in [4.69, 9.17) is 0 Å². The smallest absolute Gasteiger partial charge is 0.264 e. The van der Waals surface area contributed by atoms with Crippen LogP contribution in [0.25, 0.3) is 5.78 Å². The van der Waals surface area contributed by atoms with Gasteiger partial charge in [0.05, 0.1) is 11.9 Å². The molecule has 3 rings (SSSR count). The van der Waals surface area contributed by atoms with Gasteiger partial charge < -0.3 is 0 Å². The molecule has 0 aliphatic heterocycles. The average molecular weight is 309 g/mol. The van der Waals surface area contributed by atoms with Crippen molar-refractivity contribution >= 4 is 17.9 Å². The van der Waals surface area contributed by atoms with Crippen molar-refractivity contribution in [2.75, 3.05) is 0 Å². The van der Waals surface area contributed by atoms with E-state index in [1.165, 1.54) is 10.7 Å². The van der Waals surface area contributed by atoms with Crippen LogP contribution in [0, 0.1) is 20.8 Å². The Morgan fingerprint density at radius 3 is 2.78 bits per heavy atom. The van der Waals surface area contributed by atoms with E-state index in [1.54, 1.807) is 6.07 Å². The molecule has 0 fully saturated rings. The van der Waals surface area contributed by atoms with Crippen molar-refractivity contribution in [3.8, 4) is 0 Å². The van der Waals surface area contributed by atoms with Gasteiger partial charge in [0.2, 0.25) is 5.82 Å². The second kappa shape index (κ2) is 5.91. The van der Waals surface area contributed by atoms with Crippen LogP contribution < -0.4 is 5.43 Å². The lowest BCUT2D eigenvalue weighted by Gasteiger charge is -1.97. The topological polar surface area (TPSA) is 97.4 Å². The number of hydrogen-bond acceptors (Lipinski definition) is 6. The molecule has 3 heterocycles. The molecule has 0 radical (unpaired) electrons. The summed E-state index contributed by atoms with van der Waals surface area (Å²) in [6.07, 6.45) is 1.47. The van der Waals surface area contributed by atoms with Gasteiger partial charge in [0, 0.05) is 17.1 Å². The Balaban J connectivity index is 1.77. The molecule has 0 aliphatic rings. The van der Waals surface area contributed by atoms with E-state index < -0.39 is 5.91 Å². The zero-order valence-electron chi connectivity index (χ0n) is 13.0. The summed E-state index contributed by atoms with van der Waals surface area (Å²) in [6.45, 7) is 5.62. The highest BCUT2D eigenvalue weighted by Crippen LogP contribution is 2.05. The van der Waals surface area contributed by atoms with Crippen LogP contribution in [0.1, 0.15) is 33.4 Å². The Morgan fingerprint density at radius 1 is 1.17 bits per heavy atom. The minimum atomic E-state index is -0.503. The van der Waals surface area contributed by atoms with Crippen molar-refractivity contribution in [1.29, 1.82) is 0 Å². The van der Waals surface area contributed by atoms with E-state index in [-0.39, 0.29) is 5.82 Å². The van der Waals surface area contributed by atoms with E-state index in [0.29, 0.717) is 11.5 Å². The van der Waals surface area contributed by atoms with Gasteiger partial charge in [0.15, 0.2) is 0 Å². The Hall–Kier alpha value is -3.16. The number of nitrogens with zero attached hydrogens (tertiary/aromatic N) is 6. The monoisotopic (exact) mass is 309 g/mol. The van der Waals surface area contributed by atoms with Crippen molar-refractivity contribution in [1.82, 2.24) is 30.0 Å². The highest BCUT2D eigenvalue weighted by atomic mass is 16.2. The lowest BCUT2D eigenvalue weighted by molar-refractivity contribution is 0.0945. The van der Waals surface area contributed by atoms with Gasteiger partial charge in [-0.25, -0.2) is 14.9 Å². The average Bonchev–Trinajstić information content (AvgIpc) is 2.91. The van der Waals surface area contributed by atoms with Gasteiger partial charge in [0.1, 0.15) is 0 Å². The fourth-order valence-corrected chi connectivity index (χ4v) is 2.11. The third kappa shape index (κ3) is 3.20. The summed E-state index contributed by atoms with van der Waals surface area (Å²) >= 11 is 0. The Morgan fingerprint density at radius 2 is 2.00 bits per heavy atom. The van der Waals surface area contributed by atoms with E-state index in [2.05, 4.69) is 30.6 Å². The van der Waals surface area contributed by atoms with Crippen LogP contribution in [0.4, 0.5) is 0 Å². The van der Waals surface area contributed by atoms with Crippen molar-refractivity contribution in [2.45, 2.75) is 20.8 Å². The van der Waals surface area contributed by atoms with Crippen LogP contribution in [0.15, 0.2) is 29.4 Å². The summed E-state index contributed by atoms with van der Waals surface area (Å²) in [5.41, 5.74) is 5.59. The van der Waals surface area contributed by atoms with Crippen molar-refractivity contribution in [3.63, 3.8) is 0 Å². The number of carbonyl (C=O) groups excluding carboxylic acids is 1. The van der Waals surface area contributed by atoms with Crippen LogP contribution in [0.2, 0.25) is 0 Å². The van der Waals surface area contributed by atoms with Crippen LogP contribution in [-0.4, -0.2) is 36.7 Å². The molecule has 3 aromatic heterocycles. The molecule has 3 aromatic rings. The number of rotatable bonds is 3. The molecule has 1 N–H and O–H groups in total. The number of hydrogen-bond donors (Lipinski definition) is 1. The number of aryl methyl sites for hydroxylation is 3. The predicted octanol–water partition coefficient (Wildman–Crippen LogP) is 1.21. The van der Waals surface area contributed by atoms with Crippen LogP contribution >= 0.6 is 0 Å². The largest absolute Gasteiger partial charge is 0.311 e. The lowest BCUT2D eigenvalue weighted by Crippen LogP contribution is -2.19. The molecule has 23 heavy (non-hydrogen) atoms. The number of fused-ring (bicyclic) bond motifs is 1. The second-order valence-electron chi connectivity index (χ2n) is 5.09. The molecule has 0 saturated carbocycles. The van der Waals surface area contributed by atoms with Gasteiger partial charge in [-0.2, -0.15) is 10.1 Å². The molecule has 0 aromatic carbocycles. The Kier molecular flexibility index (Phi) is 3.80. The van der Waals surface area contributed by atoms with Gasteiger partial charge >= 0.3 is 5.91 Å². The highest BCUT2D eigenvalue weighted by Gasteiger charge is 2.14. The van der Waals surface area contributed by atoms with Gasteiger partial charge in [-0.15, -0.1) is 5.10 Å². The van der Waals surface area contributed by atoms with Crippen LogP contribution in [0.5, 0.6) is 0 Å². The number of pyridine rings is 1. The van der Waals surface area contributed by atoms with Crippen LogP contribution in [0.3, 0.4) is 0 Å². The SMILES string of the molecule is Cc1cccc(C=NNC(=O)c2nc3nc(C)cc(C)n3n2)n1. The van der Waals surface area contributed by atoms with Gasteiger partial charge in [-0.1, -0.05) is 6.07 Å². The van der Waals surface area contributed by atoms with E-state index in [9.17, 15) is 4.79 Å². The molecular formula is C15H15N7O. The molecule has 8 nitrogen and oxygen atoms in total. The third-order valence-electron chi connectivity index (χ3n) is 3.09. The first-order valence-corrected chi connectivity index (χ1v) is 7.01. The maximum absolute atomic E-state index is 12.1. The molecule has 0 unspecified atom stereocenters. The predicted molar refractivity (Wildman–Crippen MR) is 84.3 cm³/mol. The minimum absolute atomic E-state index is 0.0144. The molecule has 0 saturated heterocycles. The van der Waals surface area contributed by atoms with E-state index >= 15 is 0 Å². The first kappa shape index (κ1) is 14.8. The molecule has 1 amide bonds. The maximum atomic E-state index is 12.1. The molecular weight excluding hydrogens is 294 g/mol. The van der Waals surface area contributed by atoms with Crippen molar-refractivity contribution in [2.24, 2.45) is 5.10 Å². The van der Waals surface area contributed by atoms with E-state index in [1.807, 2.05) is 39.0 Å². The maximum Gasteiger partial charge on any atom is 0.311 e. The van der Waals surface area contributed by atoms with Gasteiger partial charge in [0.25, 0.3) is 5.78 Å². The number of nitrogens with one attached hydrogen (secondary N) is 1. The van der Waals surface area contributed by atoms with Crippen molar-refractivity contribution in [3.05, 3.63) is 52.9 Å². The summed E-state index contributed by atoms with van der Waals surface area (Å²) < 4.78 is 1.52. The molecule has 8 heteroatoms. The highest BCUT2D eigenvalue weighted by molar-refractivity contribution is 5.91. The lowest BCUT2D eigenvalue weighted by atomic mass is 10.3. The summed E-state index contributed by atoms with van der Waals surface area (Å²) in [6, 6.07) is 7.41. The first-order chi connectivity index (χ1) is 11.0. The quantitative estimate of drug-likeness (QED) is 0.579. The molecule has 0 atom stereocenters. The fraction of sp³-hybridized carbons (Fsp3) is 0.200. The number of hydrazone groups is 1. The first-order valence-electron chi connectivity index (χ1n) is 7.01. The number of amides is 1. The standard InChI is InChI=1S/C15H15N7O/c1-9-5-4-6-12(17-9)8-16-20-14(23)13-19-15-18-10(2)7-11(3)22(15)21-13/h4-8H,1-3H3,(H,20,23). The van der Waals surface area contributed by atoms with Gasteiger partial charge in [-0.05, 0) is 39.0 Å². The molecule has 0 aliphatic carbocycles. The second-order valence-corrected chi connectivity index (χ2v) is 5.09. The Bertz CT molecular complexity index is 913. The molecule has 116 valence electrons. The van der Waals surface area contributed by atoms with Crippen LogP contribution in [-0.2, 0) is 0 Å². The zero-order valence-corrected chi connectivity index (χ0v) is 13.0. The minimum Gasteiger partial charge on any atom is -0.264 e. The summed E-state index contributed by atoms with van der Waals surface area (Å²) in [4.78, 5) is 24.7.